The van der Waals surface area contributed by atoms with Crippen LogP contribution in [0.5, 0.6) is 5.75 Å². The van der Waals surface area contributed by atoms with Gasteiger partial charge in [0.1, 0.15) is 11.7 Å². The lowest BCUT2D eigenvalue weighted by Crippen LogP contribution is -2.22. The Labute approximate surface area is 124 Å². The maximum atomic E-state index is 12.4. The number of aryl methyl sites for hydroxylation is 1. The average Bonchev–Trinajstić information content (AvgIpc) is 2.81. The van der Waals surface area contributed by atoms with E-state index in [2.05, 4.69) is 0 Å². The zero-order chi connectivity index (χ0) is 15.6. The predicted molar refractivity (Wildman–Crippen MR) is 77.9 cm³/mol. The van der Waals surface area contributed by atoms with Crippen molar-refractivity contribution in [2.45, 2.75) is 19.3 Å². The molecule has 0 radical (unpaired) electrons. The Bertz CT molecular complexity index is 703. The summed E-state index contributed by atoms with van der Waals surface area (Å²) in [6.45, 7) is 1.87. The number of carbonyl (C=O) groups is 1. The molecule has 0 aliphatic carbocycles. The number of benzene rings is 1. The summed E-state index contributed by atoms with van der Waals surface area (Å²) in [5.41, 5.74) is 1.46. The van der Waals surface area contributed by atoms with Gasteiger partial charge in [0.25, 0.3) is 0 Å². The van der Waals surface area contributed by atoms with Crippen molar-refractivity contribution in [1.82, 2.24) is 0 Å². The van der Waals surface area contributed by atoms with Crippen LogP contribution in [0.2, 0.25) is 0 Å². The highest BCUT2D eigenvalue weighted by atomic mass is 32.2. The summed E-state index contributed by atoms with van der Waals surface area (Å²) >= 11 is 0. The van der Waals surface area contributed by atoms with Crippen molar-refractivity contribution in [1.29, 1.82) is 5.26 Å². The molecule has 1 aromatic rings. The first-order valence-electron chi connectivity index (χ1n) is 6.66. The van der Waals surface area contributed by atoms with Gasteiger partial charge in [-0.1, -0.05) is 12.1 Å². The van der Waals surface area contributed by atoms with E-state index in [1.165, 1.54) is 7.11 Å². The van der Waals surface area contributed by atoms with Crippen molar-refractivity contribution in [2.75, 3.05) is 18.6 Å². The van der Waals surface area contributed by atoms with Crippen LogP contribution in [-0.4, -0.2) is 32.8 Å². The van der Waals surface area contributed by atoms with Crippen molar-refractivity contribution < 1.29 is 17.9 Å². The van der Waals surface area contributed by atoms with E-state index >= 15 is 0 Å². The first-order valence-corrected chi connectivity index (χ1v) is 8.48. The van der Waals surface area contributed by atoms with E-state index < -0.39 is 21.7 Å². The summed E-state index contributed by atoms with van der Waals surface area (Å²) in [6.07, 6.45) is 0.308. The topological polar surface area (TPSA) is 84.2 Å². The smallest absolute Gasteiger partial charge is 0.158 e. The van der Waals surface area contributed by atoms with Gasteiger partial charge < -0.3 is 4.74 Å². The van der Waals surface area contributed by atoms with E-state index in [0.29, 0.717) is 17.7 Å². The van der Waals surface area contributed by atoms with Gasteiger partial charge in [0.05, 0.1) is 24.7 Å². The molecule has 112 valence electrons. The molecule has 0 spiro atoms. The van der Waals surface area contributed by atoms with Gasteiger partial charge in [-0.25, -0.2) is 8.42 Å². The van der Waals surface area contributed by atoms with E-state index in [4.69, 9.17) is 4.74 Å². The van der Waals surface area contributed by atoms with E-state index in [1.54, 1.807) is 18.2 Å². The molecule has 2 unspecified atom stereocenters. The second kappa shape index (κ2) is 5.86. The molecule has 6 heteroatoms. The molecule has 5 nitrogen and oxygen atoms in total. The first kappa shape index (κ1) is 15.5. The monoisotopic (exact) mass is 307 g/mol. The Morgan fingerprint density at radius 1 is 1.48 bits per heavy atom. The summed E-state index contributed by atoms with van der Waals surface area (Å²) in [7, 11) is -1.61. The van der Waals surface area contributed by atoms with Gasteiger partial charge in [0.15, 0.2) is 15.6 Å². The van der Waals surface area contributed by atoms with Crippen LogP contribution in [0.25, 0.3) is 0 Å². The molecule has 0 saturated carbocycles. The van der Waals surface area contributed by atoms with Crippen LogP contribution < -0.4 is 4.74 Å². The second-order valence-corrected chi connectivity index (χ2v) is 7.52. The number of Topliss-reactive ketones (excluding diaryl/α,β-unsaturated/α-hetero) is 1. The predicted octanol–water partition coefficient (Wildman–Crippen LogP) is 1.61. The Kier molecular flexibility index (Phi) is 4.33. The second-order valence-electron chi connectivity index (χ2n) is 5.29. The molecule has 0 aromatic heterocycles. The van der Waals surface area contributed by atoms with Gasteiger partial charge in [-0.15, -0.1) is 0 Å². The Balaban J connectivity index is 2.28. The summed E-state index contributed by atoms with van der Waals surface area (Å²) in [4.78, 5) is 12.4. The molecule has 1 heterocycles. The highest BCUT2D eigenvalue weighted by Gasteiger charge is 2.37. The van der Waals surface area contributed by atoms with Gasteiger partial charge in [-0.05, 0) is 30.5 Å². The quantitative estimate of drug-likeness (QED) is 0.844. The minimum absolute atomic E-state index is 0.0266. The van der Waals surface area contributed by atoms with Gasteiger partial charge in [-0.2, -0.15) is 5.26 Å². The molecule has 2 rings (SSSR count). The van der Waals surface area contributed by atoms with Crippen LogP contribution in [0, 0.1) is 24.2 Å². The number of sulfone groups is 1. The summed E-state index contributed by atoms with van der Waals surface area (Å²) < 4.78 is 28.2. The number of hydrogen-bond acceptors (Lipinski definition) is 5. The number of nitriles is 1. The number of hydrogen-bond donors (Lipinski definition) is 0. The van der Waals surface area contributed by atoms with Gasteiger partial charge in [0, 0.05) is 5.92 Å². The first-order chi connectivity index (χ1) is 9.88. The lowest BCUT2D eigenvalue weighted by molar-refractivity contribution is -0.122. The highest BCUT2D eigenvalue weighted by molar-refractivity contribution is 7.91. The standard InChI is InChI=1S/C15H17NO4S/c1-10-3-4-11(7-14(10)20-2)13(8-16)15(17)12-5-6-21(18,19)9-12/h3-4,7,12-13H,5-6,9H2,1-2H3. The number of nitrogens with zero attached hydrogens (tertiary/aromatic N) is 1. The average molecular weight is 307 g/mol. The zero-order valence-electron chi connectivity index (χ0n) is 12.0. The van der Waals surface area contributed by atoms with E-state index in [9.17, 15) is 18.5 Å². The maximum absolute atomic E-state index is 12.4. The third-order valence-electron chi connectivity index (χ3n) is 3.81. The van der Waals surface area contributed by atoms with Crippen molar-refractivity contribution in [3.8, 4) is 11.8 Å². The number of ketones is 1. The van der Waals surface area contributed by atoms with E-state index in [-0.39, 0.29) is 17.3 Å². The molecule has 1 aromatic carbocycles. The third-order valence-corrected chi connectivity index (χ3v) is 5.58. The molecule has 1 aliphatic heterocycles. The van der Waals surface area contributed by atoms with Crippen molar-refractivity contribution >= 4 is 15.6 Å². The molecule has 1 fully saturated rings. The van der Waals surface area contributed by atoms with Crippen molar-refractivity contribution in [3.05, 3.63) is 29.3 Å². The summed E-state index contributed by atoms with van der Waals surface area (Å²) in [6, 6.07) is 7.17. The Morgan fingerprint density at radius 2 is 2.19 bits per heavy atom. The lowest BCUT2D eigenvalue weighted by atomic mass is 9.87. The molecule has 1 saturated heterocycles. The third kappa shape index (κ3) is 3.24. The molecule has 1 aliphatic rings. The fraction of sp³-hybridized carbons (Fsp3) is 0.467. The fourth-order valence-electron chi connectivity index (χ4n) is 2.57. The molecule has 21 heavy (non-hydrogen) atoms. The van der Waals surface area contributed by atoms with Crippen LogP contribution in [0.4, 0.5) is 0 Å². The molecule has 0 amide bonds. The van der Waals surface area contributed by atoms with Gasteiger partial charge in [-0.3, -0.25) is 4.79 Å². The van der Waals surface area contributed by atoms with Crippen molar-refractivity contribution in [3.63, 3.8) is 0 Å². The fourth-order valence-corrected chi connectivity index (χ4v) is 4.33. The maximum Gasteiger partial charge on any atom is 0.158 e. The minimum atomic E-state index is -3.14. The van der Waals surface area contributed by atoms with Crippen LogP contribution in [0.15, 0.2) is 18.2 Å². The lowest BCUT2D eigenvalue weighted by Gasteiger charge is -2.14. The number of carbonyl (C=O) groups excluding carboxylic acids is 1. The molecular weight excluding hydrogens is 290 g/mol. The normalized spacial score (nSPS) is 21.5. The van der Waals surface area contributed by atoms with Crippen LogP contribution >= 0.6 is 0 Å². The number of ether oxygens (including phenoxy) is 1. The van der Waals surface area contributed by atoms with E-state index in [0.717, 1.165) is 5.56 Å². The largest absolute Gasteiger partial charge is 0.496 e. The molecular formula is C15H17NO4S. The SMILES string of the molecule is COc1cc(C(C#N)C(=O)C2CCS(=O)(=O)C2)ccc1C. The number of methoxy groups -OCH3 is 1. The molecule has 2 atom stereocenters. The highest BCUT2D eigenvalue weighted by Crippen LogP contribution is 2.30. The van der Waals surface area contributed by atoms with E-state index in [1.807, 2.05) is 13.0 Å². The van der Waals surface area contributed by atoms with Crippen molar-refractivity contribution in [2.24, 2.45) is 5.92 Å². The zero-order valence-corrected chi connectivity index (χ0v) is 12.8. The van der Waals surface area contributed by atoms with Crippen LogP contribution in [0.3, 0.4) is 0 Å². The molecule has 0 N–H and O–H groups in total. The summed E-state index contributed by atoms with van der Waals surface area (Å²) in [5.74, 6) is -1.35. The Hall–Kier alpha value is -1.87. The Morgan fingerprint density at radius 3 is 2.71 bits per heavy atom. The van der Waals surface area contributed by atoms with Crippen LogP contribution in [-0.2, 0) is 14.6 Å². The minimum Gasteiger partial charge on any atom is -0.496 e. The van der Waals surface area contributed by atoms with Gasteiger partial charge in [0.2, 0.25) is 0 Å². The summed E-state index contributed by atoms with van der Waals surface area (Å²) in [5, 5.41) is 9.31. The number of rotatable bonds is 4. The molecule has 0 bridgehead atoms. The van der Waals surface area contributed by atoms with Crippen LogP contribution in [0.1, 0.15) is 23.5 Å². The van der Waals surface area contributed by atoms with Gasteiger partial charge >= 0.3 is 0 Å².